The number of hydrogen-bond donors (Lipinski definition) is 1. The minimum atomic E-state index is -0.805. The third-order valence-electron chi connectivity index (χ3n) is 4.09. The molecule has 0 amide bonds. The Hall–Kier alpha value is -0.790. The Kier molecular flexibility index (Phi) is 3.45. The predicted octanol–water partition coefficient (Wildman–Crippen LogP) is 3.23. The average Bonchev–Trinajstić information content (AvgIpc) is 2.26. The third kappa shape index (κ3) is 2.83. The van der Waals surface area contributed by atoms with Gasteiger partial charge in [-0.2, -0.15) is 0 Å². The number of hydrogen-bond acceptors (Lipinski definition) is 1. The van der Waals surface area contributed by atoms with Gasteiger partial charge in [-0.05, 0) is 37.0 Å². The molecule has 0 aromatic rings. The largest absolute Gasteiger partial charge is 0.478 e. The molecule has 0 aromatic carbocycles. The molecule has 1 N–H and O–H groups in total. The van der Waals surface area contributed by atoms with Crippen molar-refractivity contribution in [2.75, 3.05) is 0 Å². The summed E-state index contributed by atoms with van der Waals surface area (Å²) in [6.07, 6.45) is 12.6. The van der Waals surface area contributed by atoms with Crippen molar-refractivity contribution in [3.05, 3.63) is 12.2 Å². The van der Waals surface area contributed by atoms with Gasteiger partial charge in [0.1, 0.15) is 0 Å². The van der Waals surface area contributed by atoms with Gasteiger partial charge in [-0.1, -0.05) is 31.8 Å². The summed E-state index contributed by atoms with van der Waals surface area (Å²) in [6, 6.07) is 0. The van der Waals surface area contributed by atoms with Gasteiger partial charge in [0, 0.05) is 6.08 Å². The molecule has 2 aliphatic rings. The predicted molar refractivity (Wildman–Crippen MR) is 59.6 cm³/mol. The molecule has 0 radical (unpaired) electrons. The maximum Gasteiger partial charge on any atom is 0.327 e. The van der Waals surface area contributed by atoms with Crippen LogP contribution in [-0.4, -0.2) is 11.1 Å². The number of rotatable bonds is 2. The van der Waals surface area contributed by atoms with Crippen molar-refractivity contribution in [2.24, 2.45) is 17.8 Å². The van der Waals surface area contributed by atoms with Gasteiger partial charge in [-0.15, -0.1) is 0 Å². The Bertz CT molecular complexity index is 257. The van der Waals surface area contributed by atoms with Crippen molar-refractivity contribution in [1.29, 1.82) is 0 Å². The van der Waals surface area contributed by atoms with E-state index in [1.54, 1.807) is 0 Å². The molecule has 2 nitrogen and oxygen atoms in total. The first-order valence-corrected chi connectivity index (χ1v) is 6.17. The molecular formula is C13H20O2. The van der Waals surface area contributed by atoms with Crippen molar-refractivity contribution in [2.45, 2.75) is 44.9 Å². The number of allylic oxidation sites excluding steroid dienone is 1. The zero-order valence-electron chi connectivity index (χ0n) is 9.19. The lowest BCUT2D eigenvalue weighted by Crippen LogP contribution is -2.27. The molecule has 0 bridgehead atoms. The summed E-state index contributed by atoms with van der Waals surface area (Å²) in [5.41, 5.74) is 0. The lowest BCUT2D eigenvalue weighted by molar-refractivity contribution is -0.131. The highest BCUT2D eigenvalue weighted by molar-refractivity contribution is 5.79. The fourth-order valence-corrected chi connectivity index (χ4v) is 3.30. The van der Waals surface area contributed by atoms with Crippen molar-refractivity contribution in [1.82, 2.24) is 0 Å². The first-order chi connectivity index (χ1) is 7.25. The SMILES string of the molecule is O=C(O)/C=C/[C@@H]1CC[C@H]2CCCC[C@@H]2C1. The summed E-state index contributed by atoms with van der Waals surface area (Å²) < 4.78 is 0. The minimum absolute atomic E-state index is 0.528. The quantitative estimate of drug-likeness (QED) is 0.707. The highest BCUT2D eigenvalue weighted by Gasteiger charge is 2.30. The van der Waals surface area contributed by atoms with Crippen molar-refractivity contribution < 1.29 is 9.90 Å². The van der Waals surface area contributed by atoms with Crippen LogP contribution in [0, 0.1) is 17.8 Å². The first-order valence-electron chi connectivity index (χ1n) is 6.17. The monoisotopic (exact) mass is 208 g/mol. The van der Waals surface area contributed by atoms with E-state index in [0.717, 1.165) is 11.8 Å². The van der Waals surface area contributed by atoms with Gasteiger partial charge in [-0.3, -0.25) is 0 Å². The zero-order valence-corrected chi connectivity index (χ0v) is 9.19. The van der Waals surface area contributed by atoms with Crippen molar-refractivity contribution in [3.8, 4) is 0 Å². The molecule has 2 heteroatoms. The number of aliphatic carboxylic acids is 1. The summed E-state index contributed by atoms with van der Waals surface area (Å²) in [4.78, 5) is 10.4. The van der Waals surface area contributed by atoms with E-state index in [4.69, 9.17) is 5.11 Å². The molecule has 2 saturated carbocycles. The number of carboxylic acids is 1. The topological polar surface area (TPSA) is 37.3 Å². The second kappa shape index (κ2) is 4.82. The van der Waals surface area contributed by atoms with E-state index >= 15 is 0 Å². The average molecular weight is 208 g/mol. The molecule has 0 saturated heterocycles. The third-order valence-corrected chi connectivity index (χ3v) is 4.09. The van der Waals surface area contributed by atoms with Gasteiger partial charge in [0.2, 0.25) is 0 Å². The summed E-state index contributed by atoms with van der Waals surface area (Å²) in [7, 11) is 0. The van der Waals surface area contributed by atoms with Crippen LogP contribution in [0.4, 0.5) is 0 Å². The van der Waals surface area contributed by atoms with Gasteiger partial charge in [-0.25, -0.2) is 4.79 Å². The van der Waals surface area contributed by atoms with E-state index in [1.165, 1.54) is 51.0 Å². The summed E-state index contributed by atoms with van der Waals surface area (Å²) in [6.45, 7) is 0. The highest BCUT2D eigenvalue weighted by Crippen LogP contribution is 2.42. The number of carboxylic acid groups (broad SMARTS) is 1. The Morgan fingerprint density at radius 2 is 1.80 bits per heavy atom. The second-order valence-electron chi connectivity index (χ2n) is 5.08. The maximum atomic E-state index is 10.4. The van der Waals surface area contributed by atoms with E-state index in [9.17, 15) is 4.79 Å². The van der Waals surface area contributed by atoms with Gasteiger partial charge < -0.3 is 5.11 Å². The van der Waals surface area contributed by atoms with Crippen LogP contribution in [0.2, 0.25) is 0 Å². The Morgan fingerprint density at radius 1 is 1.07 bits per heavy atom. The molecular weight excluding hydrogens is 188 g/mol. The Labute approximate surface area is 91.4 Å². The smallest absolute Gasteiger partial charge is 0.327 e. The summed E-state index contributed by atoms with van der Waals surface area (Å²) in [5.74, 6) is 1.56. The Morgan fingerprint density at radius 3 is 2.53 bits per heavy atom. The van der Waals surface area contributed by atoms with Gasteiger partial charge >= 0.3 is 5.97 Å². The molecule has 2 aliphatic carbocycles. The van der Waals surface area contributed by atoms with E-state index in [-0.39, 0.29) is 0 Å². The van der Waals surface area contributed by atoms with Crippen LogP contribution < -0.4 is 0 Å². The lowest BCUT2D eigenvalue weighted by Gasteiger charge is -2.38. The second-order valence-corrected chi connectivity index (χ2v) is 5.08. The van der Waals surface area contributed by atoms with Crippen LogP contribution in [0.15, 0.2) is 12.2 Å². The fourth-order valence-electron chi connectivity index (χ4n) is 3.30. The number of fused-ring (bicyclic) bond motifs is 1. The molecule has 0 unspecified atom stereocenters. The van der Waals surface area contributed by atoms with E-state index in [2.05, 4.69) is 0 Å². The fraction of sp³-hybridized carbons (Fsp3) is 0.769. The van der Waals surface area contributed by atoms with E-state index in [0.29, 0.717) is 5.92 Å². The highest BCUT2D eigenvalue weighted by atomic mass is 16.4. The van der Waals surface area contributed by atoms with Crippen LogP contribution in [0.1, 0.15) is 44.9 Å². The maximum absolute atomic E-state index is 10.4. The van der Waals surface area contributed by atoms with Gasteiger partial charge in [0.25, 0.3) is 0 Å². The normalized spacial score (nSPS) is 36.4. The molecule has 15 heavy (non-hydrogen) atoms. The van der Waals surface area contributed by atoms with Crippen molar-refractivity contribution >= 4 is 5.97 Å². The standard InChI is InChI=1S/C13H20O2/c14-13(15)8-6-10-5-7-11-3-1-2-4-12(11)9-10/h6,8,10-12H,1-5,7,9H2,(H,14,15)/b8-6+/t10-,11+,12+/m0/s1. The first kappa shape index (κ1) is 10.7. The number of carbonyl (C=O) groups is 1. The zero-order chi connectivity index (χ0) is 10.7. The van der Waals surface area contributed by atoms with Crippen molar-refractivity contribution in [3.63, 3.8) is 0 Å². The van der Waals surface area contributed by atoms with Crippen LogP contribution in [-0.2, 0) is 4.79 Å². The molecule has 0 aliphatic heterocycles. The minimum Gasteiger partial charge on any atom is -0.478 e. The van der Waals surface area contributed by atoms with Gasteiger partial charge in [0.05, 0.1) is 0 Å². The van der Waals surface area contributed by atoms with E-state index in [1.807, 2.05) is 6.08 Å². The van der Waals surface area contributed by atoms with E-state index < -0.39 is 5.97 Å². The van der Waals surface area contributed by atoms with Crippen LogP contribution >= 0.6 is 0 Å². The summed E-state index contributed by atoms with van der Waals surface area (Å²) in [5, 5.41) is 8.59. The molecule has 0 aromatic heterocycles. The van der Waals surface area contributed by atoms with Gasteiger partial charge in [0.15, 0.2) is 0 Å². The van der Waals surface area contributed by atoms with Crippen LogP contribution in [0.25, 0.3) is 0 Å². The molecule has 3 atom stereocenters. The molecule has 0 spiro atoms. The molecule has 0 heterocycles. The summed E-state index contributed by atoms with van der Waals surface area (Å²) >= 11 is 0. The Balaban J connectivity index is 1.88. The molecule has 2 fully saturated rings. The van der Waals surface area contributed by atoms with Crippen LogP contribution in [0.3, 0.4) is 0 Å². The molecule has 84 valence electrons. The molecule has 2 rings (SSSR count). The lowest BCUT2D eigenvalue weighted by atomic mass is 9.67. The van der Waals surface area contributed by atoms with Crippen LogP contribution in [0.5, 0.6) is 0 Å².